The van der Waals surface area contributed by atoms with Gasteiger partial charge in [0.2, 0.25) is 0 Å². The van der Waals surface area contributed by atoms with E-state index >= 15 is 0 Å². The fourth-order valence-corrected chi connectivity index (χ4v) is 4.27. The van der Waals surface area contributed by atoms with E-state index < -0.39 is 0 Å². The number of fused-ring (bicyclic) bond motifs is 2. The maximum Gasteiger partial charge on any atom is 0.274 e. The van der Waals surface area contributed by atoms with Crippen molar-refractivity contribution in [3.8, 4) is 10.7 Å². The van der Waals surface area contributed by atoms with Gasteiger partial charge in [0, 0.05) is 19.4 Å². The minimum absolute atomic E-state index is 0.120. The Morgan fingerprint density at radius 2 is 1.74 bits per heavy atom. The van der Waals surface area contributed by atoms with E-state index in [9.17, 15) is 9.59 Å². The number of aromatic amines is 1. The van der Waals surface area contributed by atoms with Crippen molar-refractivity contribution >= 4 is 38.4 Å². The molecule has 0 aliphatic carbocycles. The minimum atomic E-state index is -0.335. The van der Waals surface area contributed by atoms with E-state index in [0.29, 0.717) is 27.4 Å². The van der Waals surface area contributed by atoms with Crippen molar-refractivity contribution in [2.45, 2.75) is 6.54 Å². The molecule has 0 saturated carbocycles. The zero-order chi connectivity index (χ0) is 21.4. The predicted molar refractivity (Wildman–Crippen MR) is 119 cm³/mol. The Balaban J connectivity index is 1.47. The number of amides is 1. The lowest BCUT2D eigenvalue weighted by Crippen LogP contribution is -2.29. The normalized spacial score (nSPS) is 11.1. The molecule has 0 bridgehead atoms. The number of nitrogens with zero attached hydrogens (tertiary/aromatic N) is 5. The number of H-pyrrole nitrogens is 1. The van der Waals surface area contributed by atoms with Gasteiger partial charge in [-0.1, -0.05) is 24.3 Å². The summed E-state index contributed by atoms with van der Waals surface area (Å²) in [6, 6.07) is 14.8. The van der Waals surface area contributed by atoms with E-state index in [2.05, 4.69) is 24.9 Å². The summed E-state index contributed by atoms with van der Waals surface area (Å²) in [6.07, 6.45) is 3.02. The van der Waals surface area contributed by atoms with E-state index in [4.69, 9.17) is 0 Å². The third-order valence-corrected chi connectivity index (χ3v) is 5.84. The molecule has 1 N–H and O–H groups in total. The van der Waals surface area contributed by atoms with E-state index in [-0.39, 0.29) is 23.7 Å². The lowest BCUT2D eigenvalue weighted by molar-refractivity contribution is 0.0776. The molecular weight excluding hydrogens is 412 g/mol. The standard InChI is InChI=1S/C22H16N6O2S/c1-28(12-17-25-14-7-3-2-6-13(14)20(29)27-17)22(30)19-18(23-10-11-24-19)21-26-15-8-4-5-9-16(15)31-21/h2-11H,12H2,1H3,(H,25,27,29). The summed E-state index contributed by atoms with van der Waals surface area (Å²) in [5.74, 6) is 0.0585. The van der Waals surface area contributed by atoms with Gasteiger partial charge in [-0.3, -0.25) is 9.59 Å². The van der Waals surface area contributed by atoms with Crippen LogP contribution in [0.25, 0.3) is 31.8 Å². The van der Waals surface area contributed by atoms with Crippen LogP contribution in [0.15, 0.2) is 65.7 Å². The van der Waals surface area contributed by atoms with Gasteiger partial charge in [-0.25, -0.2) is 19.9 Å². The van der Waals surface area contributed by atoms with E-state index in [1.165, 1.54) is 22.4 Å². The number of thiazole rings is 1. The molecular formula is C22H16N6O2S. The molecule has 0 aliphatic heterocycles. The molecule has 0 spiro atoms. The molecule has 152 valence electrons. The number of benzene rings is 2. The topological polar surface area (TPSA) is 105 Å². The molecule has 0 atom stereocenters. The zero-order valence-electron chi connectivity index (χ0n) is 16.4. The number of rotatable bonds is 4. The van der Waals surface area contributed by atoms with Crippen molar-refractivity contribution < 1.29 is 4.79 Å². The lowest BCUT2D eigenvalue weighted by Gasteiger charge is -2.17. The highest BCUT2D eigenvalue weighted by Gasteiger charge is 2.22. The van der Waals surface area contributed by atoms with Crippen LogP contribution in [0.3, 0.4) is 0 Å². The highest BCUT2D eigenvalue weighted by atomic mass is 32.1. The molecule has 5 rings (SSSR count). The second kappa shape index (κ2) is 7.69. The Kier molecular flexibility index (Phi) is 4.72. The first-order valence-corrected chi connectivity index (χ1v) is 10.3. The monoisotopic (exact) mass is 428 g/mol. The number of carbonyl (C=O) groups excluding carboxylic acids is 1. The Hall–Kier alpha value is -3.98. The van der Waals surface area contributed by atoms with Crippen molar-refractivity contribution in [1.29, 1.82) is 0 Å². The van der Waals surface area contributed by atoms with Gasteiger partial charge in [0.05, 0.1) is 27.7 Å². The summed E-state index contributed by atoms with van der Waals surface area (Å²) >= 11 is 1.46. The van der Waals surface area contributed by atoms with Gasteiger partial charge in [-0.05, 0) is 24.3 Å². The van der Waals surface area contributed by atoms with Crippen molar-refractivity contribution in [3.05, 3.63) is 82.8 Å². The minimum Gasteiger partial charge on any atom is -0.333 e. The molecule has 0 fully saturated rings. The number of para-hydroxylation sites is 2. The third-order valence-electron chi connectivity index (χ3n) is 4.79. The van der Waals surface area contributed by atoms with Crippen molar-refractivity contribution in [3.63, 3.8) is 0 Å². The van der Waals surface area contributed by atoms with Gasteiger partial charge < -0.3 is 9.88 Å². The third kappa shape index (κ3) is 3.55. The Bertz CT molecular complexity index is 1460. The summed E-state index contributed by atoms with van der Waals surface area (Å²) in [7, 11) is 1.63. The van der Waals surface area contributed by atoms with Crippen LogP contribution in [-0.4, -0.2) is 42.8 Å². The van der Waals surface area contributed by atoms with Crippen LogP contribution in [0.5, 0.6) is 0 Å². The highest BCUT2D eigenvalue weighted by Crippen LogP contribution is 2.30. The van der Waals surface area contributed by atoms with Crippen molar-refractivity contribution in [2.24, 2.45) is 0 Å². The average Bonchev–Trinajstić information content (AvgIpc) is 3.23. The lowest BCUT2D eigenvalue weighted by atomic mass is 10.2. The number of carbonyl (C=O) groups is 1. The van der Waals surface area contributed by atoms with Crippen LogP contribution in [0.4, 0.5) is 0 Å². The summed E-state index contributed by atoms with van der Waals surface area (Å²) in [5, 5.41) is 1.13. The SMILES string of the molecule is CN(Cc1nc2ccccc2c(=O)[nH]1)C(=O)c1nccnc1-c1nc2ccccc2s1. The molecule has 1 amide bonds. The number of nitrogens with one attached hydrogen (secondary N) is 1. The maximum absolute atomic E-state index is 13.2. The Morgan fingerprint density at radius 3 is 2.58 bits per heavy atom. The van der Waals surface area contributed by atoms with E-state index in [0.717, 1.165) is 10.2 Å². The van der Waals surface area contributed by atoms with Gasteiger partial charge in [0.15, 0.2) is 5.69 Å². The molecule has 5 aromatic rings. The van der Waals surface area contributed by atoms with Crippen molar-refractivity contribution in [1.82, 2.24) is 29.8 Å². The average molecular weight is 428 g/mol. The Morgan fingerprint density at radius 1 is 1.00 bits per heavy atom. The zero-order valence-corrected chi connectivity index (χ0v) is 17.3. The molecule has 8 nitrogen and oxygen atoms in total. The molecule has 0 aliphatic rings. The van der Waals surface area contributed by atoms with Crippen LogP contribution in [0.2, 0.25) is 0 Å². The van der Waals surface area contributed by atoms with Crippen LogP contribution < -0.4 is 5.56 Å². The molecule has 0 radical (unpaired) electrons. The van der Waals surface area contributed by atoms with Gasteiger partial charge in [0.1, 0.15) is 16.5 Å². The molecule has 0 saturated heterocycles. The molecule has 3 heterocycles. The Labute approximate surface area is 180 Å². The quantitative estimate of drug-likeness (QED) is 0.471. The summed E-state index contributed by atoms with van der Waals surface area (Å²) in [4.78, 5) is 47.4. The van der Waals surface area contributed by atoms with Gasteiger partial charge in [0.25, 0.3) is 11.5 Å². The second-order valence-electron chi connectivity index (χ2n) is 6.93. The molecule has 2 aromatic carbocycles. The van der Waals surface area contributed by atoms with Gasteiger partial charge in [-0.2, -0.15) is 0 Å². The first-order chi connectivity index (χ1) is 15.1. The summed E-state index contributed by atoms with van der Waals surface area (Å²) in [5.41, 5.74) is 1.82. The van der Waals surface area contributed by atoms with E-state index in [1.807, 2.05) is 30.3 Å². The van der Waals surface area contributed by atoms with Gasteiger partial charge in [-0.15, -0.1) is 11.3 Å². The van der Waals surface area contributed by atoms with Crippen LogP contribution in [-0.2, 0) is 6.54 Å². The molecule has 31 heavy (non-hydrogen) atoms. The fraction of sp³-hybridized carbons (Fsp3) is 0.0909. The molecule has 9 heteroatoms. The van der Waals surface area contributed by atoms with Crippen LogP contribution in [0.1, 0.15) is 16.3 Å². The molecule has 3 aromatic heterocycles. The number of hydrogen-bond acceptors (Lipinski definition) is 7. The summed E-state index contributed by atoms with van der Waals surface area (Å²) < 4.78 is 1.01. The van der Waals surface area contributed by atoms with E-state index in [1.54, 1.807) is 31.4 Å². The smallest absolute Gasteiger partial charge is 0.274 e. The number of hydrogen-bond donors (Lipinski definition) is 1. The predicted octanol–water partition coefficient (Wildman–Crippen LogP) is 3.26. The van der Waals surface area contributed by atoms with Crippen LogP contribution in [0, 0.1) is 0 Å². The highest BCUT2D eigenvalue weighted by molar-refractivity contribution is 7.21. The van der Waals surface area contributed by atoms with Gasteiger partial charge >= 0.3 is 0 Å². The first-order valence-electron chi connectivity index (χ1n) is 9.50. The maximum atomic E-state index is 13.2. The molecule has 0 unspecified atom stereocenters. The fourth-order valence-electron chi connectivity index (χ4n) is 3.31. The first kappa shape index (κ1) is 19.0. The van der Waals surface area contributed by atoms with Crippen molar-refractivity contribution in [2.75, 3.05) is 7.05 Å². The number of aromatic nitrogens is 5. The largest absolute Gasteiger partial charge is 0.333 e. The van der Waals surface area contributed by atoms with Crippen LogP contribution >= 0.6 is 11.3 Å². The summed E-state index contributed by atoms with van der Waals surface area (Å²) in [6.45, 7) is 0.120. The second-order valence-corrected chi connectivity index (χ2v) is 7.96.